The molecule has 76 valence electrons. The van der Waals surface area contributed by atoms with E-state index in [0.717, 1.165) is 24.9 Å². The first-order valence-corrected chi connectivity index (χ1v) is 5.28. The van der Waals surface area contributed by atoms with Crippen molar-refractivity contribution in [3.63, 3.8) is 0 Å². The molecule has 1 heterocycles. The molecule has 1 fully saturated rings. The van der Waals surface area contributed by atoms with Crippen LogP contribution >= 0.6 is 0 Å². The molecule has 2 N–H and O–H groups in total. The highest BCUT2D eigenvalue weighted by Gasteiger charge is 2.34. The van der Waals surface area contributed by atoms with Gasteiger partial charge in [-0.05, 0) is 30.5 Å². The molecule has 2 heteroatoms. The maximum absolute atomic E-state index is 10.4. The molecule has 1 atom stereocenters. The summed E-state index contributed by atoms with van der Waals surface area (Å²) in [6, 6.07) is 8.19. The Hall–Kier alpha value is -0.860. The number of aryl methyl sites for hydroxylation is 1. The highest BCUT2D eigenvalue weighted by Crippen LogP contribution is 2.30. The number of aliphatic hydroxyl groups is 1. The Morgan fingerprint density at radius 2 is 2.21 bits per heavy atom. The maximum atomic E-state index is 10.4. The Bertz CT molecular complexity index is 316. The summed E-state index contributed by atoms with van der Waals surface area (Å²) in [5, 5.41) is 13.6. The zero-order chi connectivity index (χ0) is 10.0. The van der Waals surface area contributed by atoms with Gasteiger partial charge >= 0.3 is 0 Å². The highest BCUT2D eigenvalue weighted by molar-refractivity contribution is 5.33. The summed E-state index contributed by atoms with van der Waals surface area (Å²) in [5.41, 5.74) is 1.73. The zero-order valence-electron chi connectivity index (χ0n) is 8.59. The first-order chi connectivity index (χ1) is 6.76. The van der Waals surface area contributed by atoms with Crippen molar-refractivity contribution in [3.8, 4) is 0 Å². The van der Waals surface area contributed by atoms with E-state index in [1.807, 2.05) is 18.2 Å². The van der Waals surface area contributed by atoms with Crippen LogP contribution in [-0.4, -0.2) is 18.2 Å². The Balaban J connectivity index is 2.39. The third kappa shape index (κ3) is 1.56. The number of nitrogens with one attached hydrogen (secondary N) is 1. The van der Waals surface area contributed by atoms with Crippen LogP contribution < -0.4 is 5.32 Å². The van der Waals surface area contributed by atoms with E-state index >= 15 is 0 Å². The van der Waals surface area contributed by atoms with E-state index in [9.17, 15) is 5.11 Å². The summed E-state index contributed by atoms with van der Waals surface area (Å²) in [6.45, 7) is 3.73. The average molecular weight is 191 g/mol. The van der Waals surface area contributed by atoms with Crippen LogP contribution in [0.25, 0.3) is 0 Å². The molecule has 1 aliphatic rings. The Morgan fingerprint density at radius 3 is 2.86 bits per heavy atom. The van der Waals surface area contributed by atoms with Crippen LogP contribution in [0, 0.1) is 0 Å². The lowest BCUT2D eigenvalue weighted by molar-refractivity contribution is 0.0578. The Morgan fingerprint density at radius 1 is 1.43 bits per heavy atom. The SMILES string of the molecule is CCc1ccccc1C1(O)CCNC1. The monoisotopic (exact) mass is 191 g/mol. The van der Waals surface area contributed by atoms with E-state index in [2.05, 4.69) is 18.3 Å². The molecular formula is C12H17NO. The van der Waals surface area contributed by atoms with E-state index in [-0.39, 0.29) is 0 Å². The maximum Gasteiger partial charge on any atom is 0.103 e. The van der Waals surface area contributed by atoms with Crippen LogP contribution in [0.4, 0.5) is 0 Å². The molecule has 0 aromatic heterocycles. The van der Waals surface area contributed by atoms with Gasteiger partial charge in [-0.15, -0.1) is 0 Å². The molecule has 1 aliphatic heterocycles. The van der Waals surface area contributed by atoms with Crippen LogP contribution in [0.3, 0.4) is 0 Å². The van der Waals surface area contributed by atoms with Gasteiger partial charge < -0.3 is 10.4 Å². The van der Waals surface area contributed by atoms with Gasteiger partial charge in [-0.25, -0.2) is 0 Å². The van der Waals surface area contributed by atoms with Crippen molar-refractivity contribution in [2.75, 3.05) is 13.1 Å². The molecule has 0 aliphatic carbocycles. The first-order valence-electron chi connectivity index (χ1n) is 5.28. The minimum Gasteiger partial charge on any atom is -0.384 e. The largest absolute Gasteiger partial charge is 0.384 e. The van der Waals surface area contributed by atoms with Crippen molar-refractivity contribution in [1.29, 1.82) is 0 Å². The molecule has 1 aromatic rings. The van der Waals surface area contributed by atoms with Crippen LogP contribution in [0.1, 0.15) is 24.5 Å². The summed E-state index contributed by atoms with van der Waals surface area (Å²) >= 11 is 0. The van der Waals surface area contributed by atoms with Crippen LogP contribution in [0.5, 0.6) is 0 Å². The Labute approximate surface area is 85.0 Å². The first kappa shape index (κ1) is 9.69. The average Bonchev–Trinajstić information content (AvgIpc) is 2.66. The van der Waals surface area contributed by atoms with Gasteiger partial charge in [0.2, 0.25) is 0 Å². The summed E-state index contributed by atoms with van der Waals surface area (Å²) in [5.74, 6) is 0. The predicted octanol–water partition coefficient (Wildman–Crippen LogP) is 1.43. The van der Waals surface area contributed by atoms with Crippen molar-refractivity contribution >= 4 is 0 Å². The second-order valence-electron chi connectivity index (χ2n) is 3.97. The van der Waals surface area contributed by atoms with Crippen LogP contribution in [0.15, 0.2) is 24.3 Å². The minimum atomic E-state index is -0.632. The van der Waals surface area contributed by atoms with E-state index in [1.165, 1.54) is 5.56 Å². The molecule has 2 rings (SSSR count). The summed E-state index contributed by atoms with van der Waals surface area (Å²) in [6.07, 6.45) is 1.81. The van der Waals surface area contributed by atoms with Crippen molar-refractivity contribution < 1.29 is 5.11 Å². The molecule has 14 heavy (non-hydrogen) atoms. The van der Waals surface area contributed by atoms with Crippen LogP contribution in [0.2, 0.25) is 0 Å². The minimum absolute atomic E-state index is 0.632. The van der Waals surface area contributed by atoms with Gasteiger partial charge in [-0.2, -0.15) is 0 Å². The molecule has 1 aromatic carbocycles. The lowest BCUT2D eigenvalue weighted by Crippen LogP contribution is -2.29. The summed E-state index contributed by atoms with van der Waals surface area (Å²) < 4.78 is 0. The van der Waals surface area contributed by atoms with E-state index in [1.54, 1.807) is 0 Å². The molecule has 1 saturated heterocycles. The fraction of sp³-hybridized carbons (Fsp3) is 0.500. The molecule has 0 amide bonds. The van der Waals surface area contributed by atoms with Crippen molar-refractivity contribution in [2.45, 2.75) is 25.4 Å². The number of rotatable bonds is 2. The lowest BCUT2D eigenvalue weighted by atomic mass is 9.88. The lowest BCUT2D eigenvalue weighted by Gasteiger charge is -2.24. The molecule has 0 bridgehead atoms. The number of β-amino-alcohol motifs (C(OH)–C–C–N with tert-alkyl or cyclic N) is 1. The van der Waals surface area contributed by atoms with Gasteiger partial charge in [0, 0.05) is 6.54 Å². The molecule has 0 radical (unpaired) electrons. The normalized spacial score (nSPS) is 26.7. The van der Waals surface area contributed by atoms with Crippen molar-refractivity contribution in [1.82, 2.24) is 5.32 Å². The molecule has 1 unspecified atom stereocenters. The number of benzene rings is 1. The number of hydrogen-bond donors (Lipinski definition) is 2. The van der Waals surface area contributed by atoms with E-state index in [4.69, 9.17) is 0 Å². The smallest absolute Gasteiger partial charge is 0.103 e. The topological polar surface area (TPSA) is 32.3 Å². The molecule has 0 spiro atoms. The standard InChI is InChI=1S/C12H17NO/c1-2-10-5-3-4-6-11(10)12(14)7-8-13-9-12/h3-6,13-14H,2,7-9H2,1H3. The van der Waals surface area contributed by atoms with Crippen LogP contribution in [-0.2, 0) is 12.0 Å². The second-order valence-corrected chi connectivity index (χ2v) is 3.97. The molecule has 0 saturated carbocycles. The summed E-state index contributed by atoms with van der Waals surface area (Å²) in [4.78, 5) is 0. The van der Waals surface area contributed by atoms with Gasteiger partial charge in [0.25, 0.3) is 0 Å². The van der Waals surface area contributed by atoms with Gasteiger partial charge in [-0.1, -0.05) is 31.2 Å². The van der Waals surface area contributed by atoms with Crippen molar-refractivity contribution in [3.05, 3.63) is 35.4 Å². The van der Waals surface area contributed by atoms with Gasteiger partial charge in [-0.3, -0.25) is 0 Å². The quantitative estimate of drug-likeness (QED) is 0.741. The number of hydrogen-bond acceptors (Lipinski definition) is 2. The van der Waals surface area contributed by atoms with Crippen molar-refractivity contribution in [2.24, 2.45) is 0 Å². The fourth-order valence-electron chi connectivity index (χ4n) is 2.19. The summed E-state index contributed by atoms with van der Waals surface area (Å²) in [7, 11) is 0. The fourth-order valence-corrected chi connectivity index (χ4v) is 2.19. The predicted molar refractivity (Wildman–Crippen MR) is 57.2 cm³/mol. The van der Waals surface area contributed by atoms with E-state index in [0.29, 0.717) is 6.54 Å². The molecule has 2 nitrogen and oxygen atoms in total. The Kier molecular flexibility index (Phi) is 2.57. The third-order valence-electron chi connectivity index (χ3n) is 3.03. The third-order valence-corrected chi connectivity index (χ3v) is 3.03. The molecular weight excluding hydrogens is 174 g/mol. The van der Waals surface area contributed by atoms with Gasteiger partial charge in [0.1, 0.15) is 5.60 Å². The van der Waals surface area contributed by atoms with E-state index < -0.39 is 5.60 Å². The highest BCUT2D eigenvalue weighted by atomic mass is 16.3. The zero-order valence-corrected chi connectivity index (χ0v) is 8.59. The van der Waals surface area contributed by atoms with Gasteiger partial charge in [0.15, 0.2) is 0 Å². The van der Waals surface area contributed by atoms with Gasteiger partial charge in [0.05, 0.1) is 0 Å². The second kappa shape index (κ2) is 3.71.